The van der Waals surface area contributed by atoms with Gasteiger partial charge in [0, 0.05) is 42.7 Å². The number of carbonyl (C=O) groups excluding carboxylic acids is 2. The fourth-order valence-corrected chi connectivity index (χ4v) is 3.21. The summed E-state index contributed by atoms with van der Waals surface area (Å²) < 4.78 is 0. The van der Waals surface area contributed by atoms with Crippen LogP contribution in [0.5, 0.6) is 0 Å². The lowest BCUT2D eigenvalue weighted by Crippen LogP contribution is -2.29. The standard InChI is InChI=1S/C20H25N5O2/c26-19(24-12-11-23-18-14-21-9-10-22-18)16-7-4-8-17(13-16)25-20(27)15-5-2-1-3-6-15/h4,7-10,13-15H,1-3,5-6,11-12H2,(H,22,23)(H,24,26)(H,25,27). The summed E-state index contributed by atoms with van der Waals surface area (Å²) in [5.41, 5.74) is 1.19. The minimum absolute atomic E-state index is 0.0560. The Balaban J connectivity index is 1.47. The Hall–Kier alpha value is -2.96. The predicted molar refractivity (Wildman–Crippen MR) is 105 cm³/mol. The van der Waals surface area contributed by atoms with Crippen LogP contribution in [0.1, 0.15) is 42.5 Å². The first-order valence-corrected chi connectivity index (χ1v) is 9.41. The number of rotatable bonds is 7. The summed E-state index contributed by atoms with van der Waals surface area (Å²) in [6, 6.07) is 7.05. The molecule has 1 fully saturated rings. The Morgan fingerprint density at radius 2 is 1.93 bits per heavy atom. The fourth-order valence-electron chi connectivity index (χ4n) is 3.21. The molecule has 2 amide bonds. The van der Waals surface area contributed by atoms with Gasteiger partial charge in [0.25, 0.3) is 5.91 Å². The second-order valence-corrected chi connectivity index (χ2v) is 6.68. The quantitative estimate of drug-likeness (QED) is 0.654. The van der Waals surface area contributed by atoms with Gasteiger partial charge in [-0.2, -0.15) is 0 Å². The first-order chi connectivity index (χ1) is 13.2. The van der Waals surface area contributed by atoms with E-state index in [0.717, 1.165) is 25.7 Å². The highest BCUT2D eigenvalue weighted by atomic mass is 16.2. The van der Waals surface area contributed by atoms with Crippen LogP contribution >= 0.6 is 0 Å². The number of hydrogen-bond donors (Lipinski definition) is 3. The highest BCUT2D eigenvalue weighted by molar-refractivity contribution is 5.97. The molecule has 0 aliphatic heterocycles. The normalized spacial score (nSPS) is 14.4. The maximum absolute atomic E-state index is 12.4. The van der Waals surface area contributed by atoms with E-state index in [4.69, 9.17) is 0 Å². The zero-order valence-electron chi connectivity index (χ0n) is 15.3. The van der Waals surface area contributed by atoms with Gasteiger partial charge in [0.1, 0.15) is 5.82 Å². The first-order valence-electron chi connectivity index (χ1n) is 9.41. The van der Waals surface area contributed by atoms with Gasteiger partial charge in [-0.3, -0.25) is 14.6 Å². The molecule has 1 saturated carbocycles. The first kappa shape index (κ1) is 18.8. The molecule has 1 aliphatic carbocycles. The smallest absolute Gasteiger partial charge is 0.251 e. The molecule has 7 heteroatoms. The molecule has 0 unspecified atom stereocenters. The Labute approximate surface area is 159 Å². The largest absolute Gasteiger partial charge is 0.367 e. The van der Waals surface area contributed by atoms with Crippen LogP contribution in [0.15, 0.2) is 42.9 Å². The van der Waals surface area contributed by atoms with Crippen molar-refractivity contribution in [3.05, 3.63) is 48.4 Å². The van der Waals surface area contributed by atoms with Crippen LogP contribution < -0.4 is 16.0 Å². The third-order valence-electron chi connectivity index (χ3n) is 4.65. The Kier molecular flexibility index (Phi) is 6.73. The summed E-state index contributed by atoms with van der Waals surface area (Å²) in [4.78, 5) is 32.8. The van der Waals surface area contributed by atoms with E-state index in [1.165, 1.54) is 6.42 Å². The summed E-state index contributed by atoms with van der Waals surface area (Å²) in [6.45, 7) is 0.997. The number of anilines is 2. The average Bonchev–Trinajstić information content (AvgIpc) is 2.72. The van der Waals surface area contributed by atoms with E-state index in [2.05, 4.69) is 25.9 Å². The minimum Gasteiger partial charge on any atom is -0.367 e. The molecule has 0 radical (unpaired) electrons. The average molecular weight is 367 g/mol. The van der Waals surface area contributed by atoms with E-state index in [0.29, 0.717) is 30.2 Å². The van der Waals surface area contributed by atoms with Crippen LogP contribution in [0.3, 0.4) is 0 Å². The van der Waals surface area contributed by atoms with Gasteiger partial charge in [0.05, 0.1) is 6.20 Å². The minimum atomic E-state index is -0.176. The van der Waals surface area contributed by atoms with Crippen molar-refractivity contribution >= 4 is 23.3 Å². The van der Waals surface area contributed by atoms with Crippen LogP contribution in [0, 0.1) is 5.92 Å². The van der Waals surface area contributed by atoms with Crippen LogP contribution in [0.2, 0.25) is 0 Å². The van der Waals surface area contributed by atoms with E-state index >= 15 is 0 Å². The van der Waals surface area contributed by atoms with Gasteiger partial charge in [-0.05, 0) is 31.0 Å². The molecule has 1 aliphatic rings. The molecule has 7 nitrogen and oxygen atoms in total. The molecule has 0 bridgehead atoms. The van der Waals surface area contributed by atoms with Gasteiger partial charge < -0.3 is 16.0 Å². The molecular formula is C20H25N5O2. The molecule has 1 heterocycles. The van der Waals surface area contributed by atoms with Gasteiger partial charge in [-0.15, -0.1) is 0 Å². The third-order valence-corrected chi connectivity index (χ3v) is 4.65. The van der Waals surface area contributed by atoms with Crippen molar-refractivity contribution in [3.63, 3.8) is 0 Å². The van der Waals surface area contributed by atoms with Crippen molar-refractivity contribution in [3.8, 4) is 0 Å². The van der Waals surface area contributed by atoms with E-state index < -0.39 is 0 Å². The number of amides is 2. The lowest BCUT2D eigenvalue weighted by molar-refractivity contribution is -0.120. The van der Waals surface area contributed by atoms with Gasteiger partial charge in [-0.1, -0.05) is 25.3 Å². The molecule has 2 aromatic rings. The monoisotopic (exact) mass is 367 g/mol. The van der Waals surface area contributed by atoms with Gasteiger partial charge in [0.15, 0.2) is 0 Å². The molecule has 142 valence electrons. The summed E-state index contributed by atoms with van der Waals surface area (Å²) >= 11 is 0. The summed E-state index contributed by atoms with van der Waals surface area (Å²) in [6.07, 6.45) is 10.2. The molecule has 0 spiro atoms. The molecule has 3 rings (SSSR count). The van der Waals surface area contributed by atoms with Gasteiger partial charge >= 0.3 is 0 Å². The fraction of sp³-hybridized carbons (Fsp3) is 0.400. The van der Waals surface area contributed by atoms with Crippen LogP contribution in [0.4, 0.5) is 11.5 Å². The summed E-state index contributed by atoms with van der Waals surface area (Å²) in [7, 11) is 0. The molecule has 0 saturated heterocycles. The number of aromatic nitrogens is 2. The van der Waals surface area contributed by atoms with Gasteiger partial charge in [0.2, 0.25) is 5.91 Å². The highest BCUT2D eigenvalue weighted by Gasteiger charge is 2.21. The molecule has 1 aromatic heterocycles. The number of nitrogens with zero attached hydrogens (tertiary/aromatic N) is 2. The van der Waals surface area contributed by atoms with Crippen molar-refractivity contribution in [2.75, 3.05) is 23.7 Å². The number of nitrogens with one attached hydrogen (secondary N) is 3. The summed E-state index contributed by atoms with van der Waals surface area (Å²) in [5.74, 6) is 0.632. The Morgan fingerprint density at radius 3 is 2.70 bits per heavy atom. The van der Waals surface area contributed by atoms with Crippen molar-refractivity contribution in [1.82, 2.24) is 15.3 Å². The zero-order chi connectivity index (χ0) is 18.9. The van der Waals surface area contributed by atoms with Crippen molar-refractivity contribution in [1.29, 1.82) is 0 Å². The topological polar surface area (TPSA) is 96.0 Å². The number of carbonyl (C=O) groups is 2. The van der Waals surface area contributed by atoms with E-state index in [-0.39, 0.29) is 17.7 Å². The SMILES string of the molecule is O=C(NCCNc1cnccn1)c1cccc(NC(=O)C2CCCCC2)c1. The number of hydrogen-bond acceptors (Lipinski definition) is 5. The van der Waals surface area contributed by atoms with Crippen molar-refractivity contribution in [2.24, 2.45) is 5.92 Å². The lowest BCUT2D eigenvalue weighted by Gasteiger charge is -2.20. The van der Waals surface area contributed by atoms with E-state index in [1.807, 2.05) is 6.07 Å². The lowest BCUT2D eigenvalue weighted by atomic mass is 9.88. The molecule has 27 heavy (non-hydrogen) atoms. The van der Waals surface area contributed by atoms with Crippen LogP contribution in [-0.2, 0) is 4.79 Å². The van der Waals surface area contributed by atoms with Crippen LogP contribution in [0.25, 0.3) is 0 Å². The number of benzene rings is 1. The molecule has 3 N–H and O–H groups in total. The second-order valence-electron chi connectivity index (χ2n) is 6.68. The van der Waals surface area contributed by atoms with Crippen LogP contribution in [-0.4, -0.2) is 34.9 Å². The Bertz CT molecular complexity index is 760. The van der Waals surface area contributed by atoms with Crippen molar-refractivity contribution < 1.29 is 9.59 Å². The molecule has 0 atom stereocenters. The Morgan fingerprint density at radius 1 is 1.07 bits per heavy atom. The van der Waals surface area contributed by atoms with E-state index in [1.54, 1.807) is 36.8 Å². The molecule has 1 aromatic carbocycles. The predicted octanol–water partition coefficient (Wildman–Crippen LogP) is 2.84. The van der Waals surface area contributed by atoms with E-state index in [9.17, 15) is 9.59 Å². The third kappa shape index (κ3) is 5.77. The summed E-state index contributed by atoms with van der Waals surface area (Å²) in [5, 5.41) is 8.88. The maximum atomic E-state index is 12.4. The molecular weight excluding hydrogens is 342 g/mol. The maximum Gasteiger partial charge on any atom is 0.251 e. The van der Waals surface area contributed by atoms with Gasteiger partial charge in [-0.25, -0.2) is 4.98 Å². The second kappa shape index (κ2) is 9.66. The zero-order valence-corrected chi connectivity index (χ0v) is 15.3. The highest BCUT2D eigenvalue weighted by Crippen LogP contribution is 2.25. The van der Waals surface area contributed by atoms with Crippen molar-refractivity contribution in [2.45, 2.75) is 32.1 Å².